The summed E-state index contributed by atoms with van der Waals surface area (Å²) in [6.07, 6.45) is 0. The van der Waals surface area contributed by atoms with Gasteiger partial charge in [-0.25, -0.2) is 0 Å². The number of hydrogen-bond donors (Lipinski definition) is 5. The zero-order valence-electron chi connectivity index (χ0n) is 6.47. The van der Waals surface area contributed by atoms with Crippen LogP contribution >= 0.6 is 24.8 Å². The molecule has 0 saturated carbocycles. The smallest absolute Gasteiger partial charge is 0.192 e. The molecule has 0 aromatic rings. The maximum absolute atomic E-state index is 6.47. The largest absolute Gasteiger partial charge is 0.370 e. The van der Waals surface area contributed by atoms with Crippen LogP contribution in [-0.4, -0.2) is 11.9 Å². The molecule has 0 aliphatic heterocycles. The van der Waals surface area contributed by atoms with Gasteiger partial charge in [-0.1, -0.05) is 13.8 Å². The van der Waals surface area contributed by atoms with E-state index in [2.05, 4.69) is 0 Å². The maximum Gasteiger partial charge on any atom is 0.192 e. The summed E-state index contributed by atoms with van der Waals surface area (Å²) in [7, 11) is 0. The van der Waals surface area contributed by atoms with E-state index in [1.54, 1.807) is 0 Å². The molecule has 70 valence electrons. The lowest BCUT2D eigenvalue weighted by atomic mass is 10.9. The van der Waals surface area contributed by atoms with Crippen LogP contribution in [0.2, 0.25) is 0 Å². The lowest BCUT2D eigenvalue weighted by molar-refractivity contribution is 1.19. The Balaban J connectivity index is -0.0000000564. The van der Waals surface area contributed by atoms with E-state index in [0.29, 0.717) is 0 Å². The summed E-state index contributed by atoms with van der Waals surface area (Å²) in [6.45, 7) is 4.00. The monoisotopic (exact) mass is 203 g/mol. The summed E-state index contributed by atoms with van der Waals surface area (Å²) in [5.74, 6) is -0.625. The highest BCUT2D eigenvalue weighted by Gasteiger charge is 1.83. The molecule has 7 heteroatoms. The Hall–Kier alpha value is -0.680. The van der Waals surface area contributed by atoms with Crippen molar-refractivity contribution in [1.29, 1.82) is 10.8 Å². The van der Waals surface area contributed by atoms with E-state index in [1.807, 2.05) is 19.2 Å². The van der Waals surface area contributed by atoms with Gasteiger partial charge in [0.15, 0.2) is 11.9 Å². The van der Waals surface area contributed by atoms with Gasteiger partial charge in [0.1, 0.15) is 0 Å². The average Bonchev–Trinajstić information content (AvgIpc) is 1.68. The van der Waals surface area contributed by atoms with Gasteiger partial charge in [0.05, 0.1) is 0 Å². The first-order chi connectivity index (χ1) is 4.13. The molecule has 0 saturated heterocycles. The number of nitrogens with one attached hydrogen (secondary N) is 3. The van der Waals surface area contributed by atoms with E-state index in [-0.39, 0.29) is 36.7 Å². The molecule has 0 aliphatic rings. The van der Waals surface area contributed by atoms with Gasteiger partial charge in [-0.2, -0.15) is 0 Å². The first-order valence-electron chi connectivity index (χ1n) is 2.58. The summed E-state index contributed by atoms with van der Waals surface area (Å²) in [6, 6.07) is 0. The predicted octanol–water partition coefficient (Wildman–Crippen LogP) is 0.233. The third kappa shape index (κ3) is 45.3. The van der Waals surface area contributed by atoms with Crippen LogP contribution in [0.5, 0.6) is 0 Å². The second-order valence-electron chi connectivity index (χ2n) is 0.952. The summed E-state index contributed by atoms with van der Waals surface area (Å²) < 4.78 is 0. The lowest BCUT2D eigenvalue weighted by Gasteiger charge is -1.95. The standard InChI is InChI=1S/C2H7N5.C2H6.2ClH/c3-1(4)7-2(5)6;1-2;;/h(H7,3,4,5,6,7);1-2H3;2*1H. The van der Waals surface area contributed by atoms with E-state index in [1.165, 1.54) is 0 Å². The SMILES string of the molecule is CC.Cl.Cl.N=C(N)NC(=N)N. The molecule has 11 heavy (non-hydrogen) atoms. The zero-order chi connectivity index (χ0) is 7.86. The molecule has 0 aromatic heterocycles. The molecule has 0 radical (unpaired) electrons. The van der Waals surface area contributed by atoms with Crippen molar-refractivity contribution in [2.75, 3.05) is 0 Å². The zero-order valence-corrected chi connectivity index (χ0v) is 8.10. The molecule has 0 aromatic carbocycles. The minimum Gasteiger partial charge on any atom is -0.370 e. The van der Waals surface area contributed by atoms with Crippen molar-refractivity contribution in [2.24, 2.45) is 11.5 Å². The van der Waals surface area contributed by atoms with E-state index >= 15 is 0 Å². The minimum absolute atomic E-state index is 0. The number of guanidine groups is 2. The van der Waals surface area contributed by atoms with Crippen LogP contribution in [-0.2, 0) is 0 Å². The van der Waals surface area contributed by atoms with Crippen molar-refractivity contribution in [3.05, 3.63) is 0 Å². The van der Waals surface area contributed by atoms with Crippen molar-refractivity contribution in [1.82, 2.24) is 5.32 Å². The summed E-state index contributed by atoms with van der Waals surface area (Å²) in [5.41, 5.74) is 9.49. The van der Waals surface area contributed by atoms with Crippen LogP contribution in [0.1, 0.15) is 13.8 Å². The topological polar surface area (TPSA) is 112 Å². The van der Waals surface area contributed by atoms with Crippen LogP contribution in [0.15, 0.2) is 0 Å². The Bertz CT molecular complexity index is 92.7. The molecule has 0 fully saturated rings. The fraction of sp³-hybridized carbons (Fsp3) is 0.500. The second kappa shape index (κ2) is 16.2. The Labute approximate surface area is 78.7 Å². The Morgan fingerprint density at radius 2 is 1.18 bits per heavy atom. The summed E-state index contributed by atoms with van der Waals surface area (Å²) >= 11 is 0. The third-order valence-corrected chi connectivity index (χ3v) is 0.269. The lowest BCUT2D eigenvalue weighted by Crippen LogP contribution is -2.39. The average molecular weight is 204 g/mol. The Morgan fingerprint density at radius 1 is 1.00 bits per heavy atom. The van der Waals surface area contributed by atoms with Gasteiger partial charge >= 0.3 is 0 Å². The predicted molar refractivity (Wildman–Crippen MR) is 52.8 cm³/mol. The van der Waals surface area contributed by atoms with Crippen LogP contribution < -0.4 is 16.8 Å². The van der Waals surface area contributed by atoms with Crippen molar-refractivity contribution >= 4 is 36.7 Å². The van der Waals surface area contributed by atoms with Crippen molar-refractivity contribution in [3.63, 3.8) is 0 Å². The second-order valence-corrected chi connectivity index (χ2v) is 0.952. The maximum atomic E-state index is 6.47. The molecule has 0 heterocycles. The molecule has 0 amide bonds. The van der Waals surface area contributed by atoms with Gasteiger partial charge in [0, 0.05) is 0 Å². The third-order valence-electron chi connectivity index (χ3n) is 0.269. The molecule has 7 N–H and O–H groups in total. The minimum atomic E-state index is -0.312. The van der Waals surface area contributed by atoms with E-state index in [9.17, 15) is 0 Å². The first kappa shape index (κ1) is 22.4. The van der Waals surface area contributed by atoms with Crippen molar-refractivity contribution < 1.29 is 0 Å². The van der Waals surface area contributed by atoms with Gasteiger partial charge in [-0.3, -0.25) is 16.1 Å². The van der Waals surface area contributed by atoms with Crippen LogP contribution in [0.3, 0.4) is 0 Å². The van der Waals surface area contributed by atoms with Crippen molar-refractivity contribution in [2.45, 2.75) is 13.8 Å². The Kier molecular flexibility index (Phi) is 33.0. The first-order valence-corrected chi connectivity index (χ1v) is 2.58. The van der Waals surface area contributed by atoms with Gasteiger partial charge in [0.25, 0.3) is 0 Å². The normalized spacial score (nSPS) is 5.27. The molecule has 0 atom stereocenters. The van der Waals surface area contributed by atoms with Crippen LogP contribution in [0, 0.1) is 10.8 Å². The summed E-state index contributed by atoms with van der Waals surface area (Å²) in [5, 5.41) is 15.0. The molecule has 0 rings (SSSR count). The van der Waals surface area contributed by atoms with Gasteiger partial charge < -0.3 is 11.5 Å². The fourth-order valence-corrected chi connectivity index (χ4v) is 0.145. The summed E-state index contributed by atoms with van der Waals surface area (Å²) in [4.78, 5) is 0. The quantitative estimate of drug-likeness (QED) is 0.287. The van der Waals surface area contributed by atoms with Crippen LogP contribution in [0.25, 0.3) is 0 Å². The van der Waals surface area contributed by atoms with E-state index in [4.69, 9.17) is 22.3 Å². The molecule has 0 bridgehead atoms. The Morgan fingerprint density at radius 3 is 1.18 bits per heavy atom. The van der Waals surface area contributed by atoms with Gasteiger partial charge in [-0.15, -0.1) is 24.8 Å². The molecule has 0 unspecified atom stereocenters. The van der Waals surface area contributed by atoms with E-state index in [0.717, 1.165) is 0 Å². The highest BCUT2D eigenvalue weighted by Crippen LogP contribution is 1.44. The molecular weight excluding hydrogens is 189 g/mol. The molecule has 0 aliphatic carbocycles. The number of rotatable bonds is 0. The van der Waals surface area contributed by atoms with Gasteiger partial charge in [0.2, 0.25) is 0 Å². The van der Waals surface area contributed by atoms with Crippen LogP contribution in [0.4, 0.5) is 0 Å². The van der Waals surface area contributed by atoms with Gasteiger partial charge in [-0.05, 0) is 0 Å². The highest BCUT2D eigenvalue weighted by molar-refractivity contribution is 5.93. The highest BCUT2D eigenvalue weighted by atomic mass is 35.5. The van der Waals surface area contributed by atoms with E-state index < -0.39 is 0 Å². The number of hydrogen-bond acceptors (Lipinski definition) is 2. The number of nitrogens with two attached hydrogens (primary N) is 2. The molecular formula is C4H15Cl2N5. The molecule has 0 spiro atoms. The molecule has 5 nitrogen and oxygen atoms in total. The number of halogens is 2. The fourth-order valence-electron chi connectivity index (χ4n) is 0.145. The van der Waals surface area contributed by atoms with Crippen molar-refractivity contribution in [3.8, 4) is 0 Å².